The molecule has 1 aliphatic rings. The number of hydrogen-bond donors (Lipinski definition) is 4. The number of carbonyl (C=O) groups excluding carboxylic acids is 1. The lowest BCUT2D eigenvalue weighted by atomic mass is 10.1. The van der Waals surface area contributed by atoms with Crippen molar-refractivity contribution in [2.24, 2.45) is 0 Å². The van der Waals surface area contributed by atoms with Crippen LogP contribution in [-0.4, -0.2) is 85.9 Å². The van der Waals surface area contributed by atoms with E-state index >= 15 is 0 Å². The van der Waals surface area contributed by atoms with Crippen LogP contribution in [0, 0.1) is 0 Å². The molecule has 1 rings (SSSR count). The molecule has 1 fully saturated rings. The van der Waals surface area contributed by atoms with Gasteiger partial charge < -0.3 is 25.8 Å². The highest BCUT2D eigenvalue weighted by atomic mass is 16.6. The van der Waals surface area contributed by atoms with Gasteiger partial charge >= 0.3 is 11.9 Å². The molecule has 1 heterocycles. The summed E-state index contributed by atoms with van der Waals surface area (Å²) in [5, 5.41) is 18.9. The van der Waals surface area contributed by atoms with Crippen LogP contribution in [0.1, 0.15) is 20.8 Å². The van der Waals surface area contributed by atoms with Crippen LogP contribution in [0.25, 0.3) is 0 Å². The van der Waals surface area contributed by atoms with E-state index in [4.69, 9.17) is 9.84 Å². The first-order valence-corrected chi connectivity index (χ1v) is 8.10. The third-order valence-electron chi connectivity index (χ3n) is 3.33. The molecule has 23 heavy (non-hydrogen) atoms. The van der Waals surface area contributed by atoms with E-state index in [1.165, 1.54) is 0 Å². The second-order valence-electron chi connectivity index (χ2n) is 6.62. The summed E-state index contributed by atoms with van der Waals surface area (Å²) in [5.41, 5.74) is -0.602. The average Bonchev–Trinajstić information content (AvgIpc) is 2.39. The number of carboxylic acids is 1. The number of ether oxygens (including phenoxy) is 1. The number of nitrogens with zero attached hydrogens (tertiary/aromatic N) is 1. The van der Waals surface area contributed by atoms with E-state index in [0.29, 0.717) is 26.2 Å². The van der Waals surface area contributed by atoms with Gasteiger partial charge in [0.25, 0.3) is 0 Å². The number of nitrogens with one attached hydrogen (secondary N) is 3. The molecule has 1 saturated heterocycles. The van der Waals surface area contributed by atoms with Crippen LogP contribution in [0.15, 0.2) is 0 Å². The summed E-state index contributed by atoms with van der Waals surface area (Å²) in [6, 6.07) is -0.619. The summed E-state index contributed by atoms with van der Waals surface area (Å²) in [4.78, 5) is 25.3. The minimum Gasteiger partial charge on any atom is -0.480 e. The lowest BCUT2D eigenvalue weighted by Gasteiger charge is -2.32. The van der Waals surface area contributed by atoms with Gasteiger partial charge in [0.1, 0.15) is 11.6 Å². The Labute approximate surface area is 137 Å². The third kappa shape index (κ3) is 8.85. The van der Waals surface area contributed by atoms with E-state index in [1.807, 2.05) is 0 Å². The fraction of sp³-hybridized carbons (Fsp3) is 0.867. The Bertz CT molecular complexity index is 384. The Balaban J connectivity index is 2.81. The van der Waals surface area contributed by atoms with Crippen molar-refractivity contribution in [3.05, 3.63) is 0 Å². The zero-order valence-electron chi connectivity index (χ0n) is 14.4. The molecule has 1 atom stereocenters. The van der Waals surface area contributed by atoms with Crippen molar-refractivity contribution in [2.45, 2.75) is 32.4 Å². The molecule has 0 aliphatic carbocycles. The molecule has 0 aromatic heterocycles. The first-order chi connectivity index (χ1) is 10.8. The summed E-state index contributed by atoms with van der Waals surface area (Å²) >= 11 is 0. The highest BCUT2D eigenvalue weighted by Crippen LogP contribution is 2.11. The Morgan fingerprint density at radius 3 is 2.22 bits per heavy atom. The van der Waals surface area contributed by atoms with Gasteiger partial charge in [0, 0.05) is 45.8 Å². The average molecular weight is 330 g/mol. The van der Waals surface area contributed by atoms with Crippen LogP contribution in [-0.2, 0) is 14.3 Å². The molecule has 1 unspecified atom stereocenters. The second kappa shape index (κ2) is 9.82. The topological polar surface area (TPSA) is 103 Å². The van der Waals surface area contributed by atoms with E-state index in [-0.39, 0.29) is 6.54 Å². The van der Waals surface area contributed by atoms with Gasteiger partial charge in [0.2, 0.25) is 0 Å². The molecule has 0 amide bonds. The van der Waals surface area contributed by atoms with Crippen molar-refractivity contribution < 1.29 is 19.4 Å². The normalized spacial score (nSPS) is 22.7. The Morgan fingerprint density at radius 2 is 1.65 bits per heavy atom. The van der Waals surface area contributed by atoms with Crippen LogP contribution in [0.3, 0.4) is 0 Å². The zero-order chi connectivity index (χ0) is 17.3. The molecule has 0 bridgehead atoms. The Hall–Kier alpha value is -1.22. The molecule has 0 spiro atoms. The summed E-state index contributed by atoms with van der Waals surface area (Å²) in [5.74, 6) is -1.34. The Kier molecular flexibility index (Phi) is 8.46. The molecule has 8 nitrogen and oxygen atoms in total. The highest BCUT2D eigenvalue weighted by molar-refractivity contribution is 5.78. The molecular weight excluding hydrogens is 300 g/mol. The van der Waals surface area contributed by atoms with Crippen molar-refractivity contribution in [1.29, 1.82) is 0 Å². The maximum absolute atomic E-state index is 12.5. The number of rotatable bonds is 3. The van der Waals surface area contributed by atoms with Gasteiger partial charge in [0.15, 0.2) is 0 Å². The maximum Gasteiger partial charge on any atom is 0.325 e. The minimum atomic E-state index is -0.952. The molecule has 0 radical (unpaired) electrons. The van der Waals surface area contributed by atoms with Gasteiger partial charge in [-0.05, 0) is 20.8 Å². The van der Waals surface area contributed by atoms with Gasteiger partial charge in [-0.15, -0.1) is 0 Å². The monoisotopic (exact) mass is 330 g/mol. The molecule has 1 aliphatic heterocycles. The third-order valence-corrected chi connectivity index (χ3v) is 3.33. The lowest BCUT2D eigenvalue weighted by molar-refractivity contribution is -0.162. The minimum absolute atomic E-state index is 0.189. The van der Waals surface area contributed by atoms with E-state index in [0.717, 1.165) is 19.6 Å². The van der Waals surface area contributed by atoms with E-state index in [1.54, 1.807) is 25.7 Å². The fourth-order valence-corrected chi connectivity index (χ4v) is 2.32. The molecule has 0 aromatic rings. The zero-order valence-corrected chi connectivity index (χ0v) is 14.4. The van der Waals surface area contributed by atoms with Gasteiger partial charge in [0.05, 0.1) is 6.54 Å². The molecule has 4 N–H and O–H groups in total. The van der Waals surface area contributed by atoms with Crippen molar-refractivity contribution >= 4 is 11.9 Å². The molecule has 0 saturated carbocycles. The van der Waals surface area contributed by atoms with Gasteiger partial charge in [-0.2, -0.15) is 0 Å². The molecule has 8 heteroatoms. The standard InChI is InChI=1S/C15H30N4O4/c1-15(2,3)23-14(22)12-10-18-7-6-16-4-5-17-8-9-19(12)11-13(20)21/h12,16-18H,4-11H2,1-3H3,(H,20,21). The lowest BCUT2D eigenvalue weighted by Crippen LogP contribution is -2.54. The summed E-state index contributed by atoms with van der Waals surface area (Å²) in [6.45, 7) is 9.85. The van der Waals surface area contributed by atoms with E-state index < -0.39 is 23.6 Å². The van der Waals surface area contributed by atoms with E-state index in [9.17, 15) is 9.59 Å². The first-order valence-electron chi connectivity index (χ1n) is 8.10. The van der Waals surface area contributed by atoms with Crippen LogP contribution in [0.5, 0.6) is 0 Å². The maximum atomic E-state index is 12.5. The van der Waals surface area contributed by atoms with Crippen molar-refractivity contribution in [3.63, 3.8) is 0 Å². The van der Waals surface area contributed by atoms with E-state index in [2.05, 4.69) is 16.0 Å². The van der Waals surface area contributed by atoms with Crippen LogP contribution >= 0.6 is 0 Å². The second-order valence-corrected chi connectivity index (χ2v) is 6.62. The number of hydrogen-bond acceptors (Lipinski definition) is 7. The SMILES string of the molecule is CC(C)(C)OC(=O)C1CNCCNCCNCCN1CC(=O)O. The van der Waals surface area contributed by atoms with Crippen molar-refractivity contribution in [3.8, 4) is 0 Å². The number of aliphatic carboxylic acids is 1. The summed E-state index contributed by atoms with van der Waals surface area (Å²) in [7, 11) is 0. The number of esters is 1. The molecular formula is C15H30N4O4. The fourth-order valence-electron chi connectivity index (χ4n) is 2.32. The number of carbonyl (C=O) groups is 2. The largest absolute Gasteiger partial charge is 0.480 e. The van der Waals surface area contributed by atoms with Crippen LogP contribution in [0.4, 0.5) is 0 Å². The van der Waals surface area contributed by atoms with Crippen molar-refractivity contribution in [1.82, 2.24) is 20.9 Å². The molecule has 0 aromatic carbocycles. The summed E-state index contributed by atoms with van der Waals surface area (Å²) in [6.07, 6.45) is 0. The van der Waals surface area contributed by atoms with Gasteiger partial charge in [-0.1, -0.05) is 0 Å². The summed E-state index contributed by atoms with van der Waals surface area (Å²) < 4.78 is 5.46. The highest BCUT2D eigenvalue weighted by Gasteiger charge is 2.31. The van der Waals surface area contributed by atoms with Crippen molar-refractivity contribution in [2.75, 3.05) is 52.4 Å². The van der Waals surface area contributed by atoms with Crippen LogP contribution < -0.4 is 16.0 Å². The predicted molar refractivity (Wildman–Crippen MR) is 87.5 cm³/mol. The Morgan fingerprint density at radius 1 is 1.09 bits per heavy atom. The van der Waals surface area contributed by atoms with Gasteiger partial charge in [-0.3, -0.25) is 14.5 Å². The molecule has 134 valence electrons. The quantitative estimate of drug-likeness (QED) is 0.482. The smallest absolute Gasteiger partial charge is 0.325 e. The van der Waals surface area contributed by atoms with Gasteiger partial charge in [-0.25, -0.2) is 0 Å². The predicted octanol–water partition coefficient (Wildman–Crippen LogP) is -1.13. The first kappa shape index (κ1) is 19.8. The number of carboxylic acid groups (broad SMARTS) is 1. The van der Waals surface area contributed by atoms with Crippen LogP contribution in [0.2, 0.25) is 0 Å².